The van der Waals surface area contributed by atoms with Gasteiger partial charge in [-0.15, -0.1) is 0 Å². The molecule has 0 aliphatic carbocycles. The van der Waals surface area contributed by atoms with Crippen molar-refractivity contribution in [1.82, 2.24) is 0 Å². The molecule has 70 valence electrons. The monoisotopic (exact) mass is 197 g/mol. The molecule has 0 aliphatic heterocycles. The predicted molar refractivity (Wildman–Crippen MR) is 54.5 cm³/mol. The van der Waals surface area contributed by atoms with Gasteiger partial charge in [-0.1, -0.05) is 54.0 Å². The first-order valence-corrected chi connectivity index (χ1v) is 4.53. The van der Waals surface area contributed by atoms with Crippen molar-refractivity contribution in [2.75, 3.05) is 0 Å². The first kappa shape index (κ1) is 10.1. The highest BCUT2D eigenvalue weighted by molar-refractivity contribution is 6.65. The van der Waals surface area contributed by atoms with Crippen LogP contribution < -0.4 is 0 Å². The maximum Gasteiger partial charge on any atom is 0.145 e. The normalized spacial score (nSPS) is 14.2. The van der Waals surface area contributed by atoms with E-state index in [1.54, 1.807) is 0 Å². The molecule has 0 aliphatic rings. The minimum absolute atomic E-state index is 0.247. The lowest BCUT2D eigenvalue weighted by Gasteiger charge is -2.08. The third-order valence-electron chi connectivity index (χ3n) is 1.95. The van der Waals surface area contributed by atoms with Crippen LogP contribution in [-0.2, 0) is 0 Å². The van der Waals surface area contributed by atoms with Crippen molar-refractivity contribution in [2.24, 2.45) is 5.16 Å². The second-order valence-corrected chi connectivity index (χ2v) is 3.43. The largest absolute Gasteiger partial charge is 0.410 e. The lowest BCUT2D eigenvalue weighted by Crippen LogP contribution is -1.98. The maximum atomic E-state index is 8.39. The molecule has 0 radical (unpaired) electrons. The van der Waals surface area contributed by atoms with Gasteiger partial charge in [0.15, 0.2) is 0 Å². The molecule has 0 saturated heterocycles. The van der Waals surface area contributed by atoms with E-state index < -0.39 is 0 Å². The molecule has 0 bridgehead atoms. The van der Waals surface area contributed by atoms with Gasteiger partial charge in [-0.3, -0.25) is 0 Å². The molecule has 1 N–H and O–H groups in total. The summed E-state index contributed by atoms with van der Waals surface area (Å²) in [5, 5.41) is 11.6. The van der Waals surface area contributed by atoms with E-state index in [1.807, 2.05) is 37.3 Å². The van der Waals surface area contributed by atoms with Gasteiger partial charge in [0.1, 0.15) is 5.17 Å². The van der Waals surface area contributed by atoms with Gasteiger partial charge in [-0.05, 0) is 11.5 Å². The van der Waals surface area contributed by atoms with Crippen LogP contribution in [0.1, 0.15) is 24.8 Å². The molecule has 0 spiro atoms. The smallest absolute Gasteiger partial charge is 0.145 e. The summed E-state index contributed by atoms with van der Waals surface area (Å²) in [4.78, 5) is 0. The Labute approximate surface area is 82.8 Å². The van der Waals surface area contributed by atoms with Crippen LogP contribution in [0.15, 0.2) is 35.5 Å². The number of halogens is 1. The zero-order valence-electron chi connectivity index (χ0n) is 7.44. The van der Waals surface area contributed by atoms with E-state index in [1.165, 1.54) is 5.56 Å². The Balaban J connectivity index is 2.64. The molecule has 0 fully saturated rings. The number of benzene rings is 1. The van der Waals surface area contributed by atoms with E-state index >= 15 is 0 Å². The lowest BCUT2D eigenvalue weighted by molar-refractivity contribution is 0.319. The summed E-state index contributed by atoms with van der Waals surface area (Å²) in [6, 6.07) is 10.0. The van der Waals surface area contributed by atoms with Gasteiger partial charge in [-0.25, -0.2) is 0 Å². The first-order valence-electron chi connectivity index (χ1n) is 4.15. The second-order valence-electron chi connectivity index (χ2n) is 2.99. The van der Waals surface area contributed by atoms with E-state index in [0.717, 1.165) is 0 Å². The second kappa shape index (κ2) is 4.87. The van der Waals surface area contributed by atoms with Crippen molar-refractivity contribution in [3.8, 4) is 0 Å². The van der Waals surface area contributed by atoms with E-state index in [2.05, 4.69) is 5.16 Å². The number of nitrogens with zero attached hydrogens (tertiary/aromatic N) is 1. The maximum absolute atomic E-state index is 8.39. The summed E-state index contributed by atoms with van der Waals surface area (Å²) in [7, 11) is 0. The number of hydrogen-bond acceptors (Lipinski definition) is 2. The van der Waals surface area contributed by atoms with Crippen LogP contribution in [0, 0.1) is 0 Å². The Bertz CT molecular complexity index is 284. The third-order valence-corrected chi connectivity index (χ3v) is 2.18. The molecule has 3 heteroatoms. The average molecular weight is 198 g/mol. The van der Waals surface area contributed by atoms with Gasteiger partial charge in [-0.2, -0.15) is 0 Å². The fourth-order valence-electron chi connectivity index (χ4n) is 1.19. The zero-order valence-corrected chi connectivity index (χ0v) is 8.20. The highest BCUT2D eigenvalue weighted by Gasteiger charge is 2.07. The lowest BCUT2D eigenvalue weighted by atomic mass is 9.99. The Kier molecular flexibility index (Phi) is 3.77. The molecule has 1 aromatic carbocycles. The van der Waals surface area contributed by atoms with Crippen molar-refractivity contribution >= 4 is 16.8 Å². The van der Waals surface area contributed by atoms with Crippen LogP contribution in [0.3, 0.4) is 0 Å². The Morgan fingerprint density at radius 1 is 1.46 bits per heavy atom. The van der Waals surface area contributed by atoms with Gasteiger partial charge >= 0.3 is 0 Å². The van der Waals surface area contributed by atoms with Crippen LogP contribution in [0.25, 0.3) is 0 Å². The van der Waals surface area contributed by atoms with Crippen LogP contribution in [-0.4, -0.2) is 10.4 Å². The number of rotatable bonds is 3. The molecule has 0 amide bonds. The van der Waals surface area contributed by atoms with E-state index in [9.17, 15) is 0 Å². The molecule has 0 saturated carbocycles. The highest BCUT2D eigenvalue weighted by atomic mass is 35.5. The summed E-state index contributed by atoms with van der Waals surface area (Å²) in [6.07, 6.45) is 0.571. The Morgan fingerprint density at radius 3 is 2.62 bits per heavy atom. The molecule has 1 rings (SSSR count). The Hall–Kier alpha value is -1.02. The summed E-state index contributed by atoms with van der Waals surface area (Å²) < 4.78 is 0. The summed E-state index contributed by atoms with van der Waals surface area (Å²) in [5.74, 6) is 0.282. The fraction of sp³-hybridized carbons (Fsp3) is 0.300. The standard InChI is InChI=1S/C10H12ClNO/c1-8(7-10(11)12-13)9-5-3-2-4-6-9/h2-6,8,13H,7H2,1H3/b12-10-. The van der Waals surface area contributed by atoms with Crippen LogP contribution >= 0.6 is 11.6 Å². The van der Waals surface area contributed by atoms with Crippen molar-refractivity contribution in [3.63, 3.8) is 0 Å². The van der Waals surface area contributed by atoms with Crippen molar-refractivity contribution in [3.05, 3.63) is 35.9 Å². The van der Waals surface area contributed by atoms with Crippen molar-refractivity contribution in [1.29, 1.82) is 0 Å². The van der Waals surface area contributed by atoms with Gasteiger partial charge < -0.3 is 5.21 Å². The quantitative estimate of drug-likeness (QED) is 0.451. The SMILES string of the molecule is CC(C/C(Cl)=N/O)c1ccccc1. The number of oxime groups is 1. The fourth-order valence-corrected chi connectivity index (χ4v) is 1.42. The zero-order chi connectivity index (χ0) is 9.68. The van der Waals surface area contributed by atoms with Crippen molar-refractivity contribution < 1.29 is 5.21 Å². The van der Waals surface area contributed by atoms with E-state index in [0.29, 0.717) is 6.42 Å². The highest BCUT2D eigenvalue weighted by Crippen LogP contribution is 2.19. The van der Waals surface area contributed by atoms with Gasteiger partial charge in [0.2, 0.25) is 0 Å². The molecular formula is C10H12ClNO. The van der Waals surface area contributed by atoms with Crippen LogP contribution in [0.4, 0.5) is 0 Å². The third kappa shape index (κ3) is 3.07. The van der Waals surface area contributed by atoms with E-state index in [4.69, 9.17) is 16.8 Å². The molecule has 13 heavy (non-hydrogen) atoms. The minimum atomic E-state index is 0.247. The van der Waals surface area contributed by atoms with Crippen LogP contribution in [0.2, 0.25) is 0 Å². The molecule has 1 atom stereocenters. The molecule has 0 heterocycles. The van der Waals surface area contributed by atoms with Gasteiger partial charge in [0.25, 0.3) is 0 Å². The van der Waals surface area contributed by atoms with E-state index in [-0.39, 0.29) is 11.1 Å². The van der Waals surface area contributed by atoms with Crippen molar-refractivity contribution in [2.45, 2.75) is 19.3 Å². The summed E-state index contributed by atoms with van der Waals surface area (Å²) in [5.41, 5.74) is 1.20. The first-order chi connectivity index (χ1) is 6.24. The van der Waals surface area contributed by atoms with Gasteiger partial charge in [0, 0.05) is 6.42 Å². The summed E-state index contributed by atoms with van der Waals surface area (Å²) in [6.45, 7) is 2.04. The van der Waals surface area contributed by atoms with Gasteiger partial charge in [0.05, 0.1) is 0 Å². The molecule has 1 unspecified atom stereocenters. The predicted octanol–water partition coefficient (Wildman–Crippen LogP) is 3.21. The minimum Gasteiger partial charge on any atom is -0.410 e. The Morgan fingerprint density at radius 2 is 2.08 bits per heavy atom. The van der Waals surface area contributed by atoms with Crippen LogP contribution in [0.5, 0.6) is 0 Å². The molecule has 0 aromatic heterocycles. The summed E-state index contributed by atoms with van der Waals surface area (Å²) >= 11 is 5.61. The molecular weight excluding hydrogens is 186 g/mol. The molecule has 1 aromatic rings. The molecule has 2 nitrogen and oxygen atoms in total. The average Bonchev–Trinajstić information content (AvgIpc) is 2.19. The topological polar surface area (TPSA) is 32.6 Å². The number of hydrogen-bond donors (Lipinski definition) is 1.